The second-order valence-corrected chi connectivity index (χ2v) is 8.10. The van der Waals surface area contributed by atoms with Crippen LogP contribution < -0.4 is 4.72 Å². The van der Waals surface area contributed by atoms with Gasteiger partial charge in [-0.25, -0.2) is 13.1 Å². The number of rotatable bonds is 4. The van der Waals surface area contributed by atoms with Gasteiger partial charge < -0.3 is 0 Å². The van der Waals surface area contributed by atoms with Gasteiger partial charge in [0, 0.05) is 11.9 Å². The fourth-order valence-electron chi connectivity index (χ4n) is 2.52. The third-order valence-electron chi connectivity index (χ3n) is 4.13. The zero-order valence-electron chi connectivity index (χ0n) is 12.0. The van der Waals surface area contributed by atoms with Gasteiger partial charge in [-0.2, -0.15) is 0 Å². The fourth-order valence-corrected chi connectivity index (χ4v) is 3.97. The minimum Gasteiger partial charge on any atom is -0.211 e. The molecule has 3 nitrogen and oxygen atoms in total. The average molecular weight is 316 g/mol. The van der Waals surface area contributed by atoms with Gasteiger partial charge in [0.05, 0.1) is 4.90 Å². The summed E-state index contributed by atoms with van der Waals surface area (Å²) in [6.07, 6.45) is 3.97. The van der Waals surface area contributed by atoms with Crippen LogP contribution in [0.4, 0.5) is 0 Å². The minimum absolute atomic E-state index is 0.266. The molecule has 1 aromatic rings. The van der Waals surface area contributed by atoms with Crippen molar-refractivity contribution in [2.75, 3.05) is 6.54 Å². The Morgan fingerprint density at radius 1 is 1.15 bits per heavy atom. The topological polar surface area (TPSA) is 46.2 Å². The molecular formula is C15H22ClNO2S. The molecule has 20 heavy (non-hydrogen) atoms. The average Bonchev–Trinajstić information content (AvgIpc) is 2.41. The predicted octanol–water partition coefficient (Wildman–Crippen LogP) is 3.38. The Balaban J connectivity index is 1.98. The predicted molar refractivity (Wildman–Crippen MR) is 82.7 cm³/mol. The summed E-state index contributed by atoms with van der Waals surface area (Å²) < 4.78 is 27.3. The summed E-state index contributed by atoms with van der Waals surface area (Å²) in [5, 5.41) is 0.266. The molecule has 1 aliphatic carbocycles. The lowest BCUT2D eigenvalue weighted by molar-refractivity contribution is 0.361. The van der Waals surface area contributed by atoms with Crippen molar-refractivity contribution in [2.45, 2.75) is 49.8 Å². The van der Waals surface area contributed by atoms with E-state index in [9.17, 15) is 8.42 Å². The first kappa shape index (κ1) is 15.8. The van der Waals surface area contributed by atoms with Gasteiger partial charge in [0.25, 0.3) is 0 Å². The fraction of sp³-hybridized carbons (Fsp3) is 0.600. The summed E-state index contributed by atoms with van der Waals surface area (Å²) in [5.74, 6) is 0.409. The number of halogens is 1. The molecular weight excluding hydrogens is 294 g/mol. The first-order chi connectivity index (χ1) is 9.38. The quantitative estimate of drug-likeness (QED) is 0.866. The molecule has 0 saturated heterocycles. The van der Waals surface area contributed by atoms with Gasteiger partial charge in [0.2, 0.25) is 10.0 Å². The summed E-state index contributed by atoms with van der Waals surface area (Å²) >= 11 is 6.06. The lowest BCUT2D eigenvalue weighted by Gasteiger charge is -2.25. The van der Waals surface area contributed by atoms with Crippen LogP contribution in [0.15, 0.2) is 23.1 Å². The van der Waals surface area contributed by atoms with Crippen molar-refractivity contribution in [2.24, 2.45) is 5.92 Å². The molecule has 0 bridgehead atoms. The molecule has 1 aromatic carbocycles. The molecule has 1 aliphatic rings. The molecule has 1 fully saturated rings. The van der Waals surface area contributed by atoms with Gasteiger partial charge in [-0.05, 0) is 68.7 Å². The highest BCUT2D eigenvalue weighted by atomic mass is 35.5. The number of nitrogens with one attached hydrogen (secondary N) is 1. The SMILES string of the molecule is Cc1ccc(S(=O)(=O)NCC2CCC(Cl)CC2)cc1C. The van der Waals surface area contributed by atoms with Gasteiger partial charge in [-0.15, -0.1) is 11.6 Å². The van der Waals surface area contributed by atoms with Crippen LogP contribution in [0, 0.1) is 19.8 Å². The van der Waals surface area contributed by atoms with Crippen LogP contribution in [-0.2, 0) is 10.0 Å². The highest BCUT2D eigenvalue weighted by Crippen LogP contribution is 2.27. The van der Waals surface area contributed by atoms with E-state index in [4.69, 9.17) is 11.6 Å². The molecule has 0 atom stereocenters. The summed E-state index contributed by atoms with van der Waals surface area (Å²) in [5.41, 5.74) is 2.10. The van der Waals surface area contributed by atoms with Crippen molar-refractivity contribution >= 4 is 21.6 Å². The largest absolute Gasteiger partial charge is 0.240 e. The second-order valence-electron chi connectivity index (χ2n) is 5.72. The van der Waals surface area contributed by atoms with Crippen LogP contribution in [0.1, 0.15) is 36.8 Å². The Hall–Kier alpha value is -0.580. The first-order valence-electron chi connectivity index (χ1n) is 7.09. The van der Waals surface area contributed by atoms with Gasteiger partial charge in [-0.3, -0.25) is 0 Å². The van der Waals surface area contributed by atoms with Gasteiger partial charge in [0.15, 0.2) is 0 Å². The van der Waals surface area contributed by atoms with Crippen molar-refractivity contribution in [1.29, 1.82) is 0 Å². The first-order valence-corrected chi connectivity index (χ1v) is 9.01. The van der Waals surface area contributed by atoms with Crippen molar-refractivity contribution < 1.29 is 8.42 Å². The van der Waals surface area contributed by atoms with Crippen LogP contribution in [0.5, 0.6) is 0 Å². The molecule has 1 saturated carbocycles. The molecule has 0 amide bonds. The van der Waals surface area contributed by atoms with E-state index in [1.165, 1.54) is 0 Å². The van der Waals surface area contributed by atoms with Crippen molar-refractivity contribution in [3.8, 4) is 0 Å². The third kappa shape index (κ3) is 3.96. The Morgan fingerprint density at radius 3 is 2.40 bits per heavy atom. The number of hydrogen-bond acceptors (Lipinski definition) is 2. The second kappa shape index (κ2) is 6.46. The number of sulfonamides is 1. The van der Waals surface area contributed by atoms with Crippen LogP contribution in [0.2, 0.25) is 0 Å². The molecule has 5 heteroatoms. The zero-order chi connectivity index (χ0) is 14.8. The Labute approximate surface area is 126 Å². The van der Waals surface area contributed by atoms with E-state index in [0.717, 1.165) is 36.8 Å². The number of aryl methyl sites for hydroxylation is 2. The van der Waals surface area contributed by atoms with Crippen molar-refractivity contribution in [3.05, 3.63) is 29.3 Å². The van der Waals surface area contributed by atoms with E-state index in [-0.39, 0.29) is 5.38 Å². The molecule has 1 N–H and O–H groups in total. The molecule has 0 aliphatic heterocycles. The summed E-state index contributed by atoms with van der Waals surface area (Å²) in [6, 6.07) is 5.25. The summed E-state index contributed by atoms with van der Waals surface area (Å²) in [6.45, 7) is 4.42. The minimum atomic E-state index is -3.40. The Morgan fingerprint density at radius 2 is 1.80 bits per heavy atom. The smallest absolute Gasteiger partial charge is 0.211 e. The summed E-state index contributed by atoms with van der Waals surface area (Å²) in [4.78, 5) is 0.353. The van der Waals surface area contributed by atoms with Gasteiger partial charge in [0.1, 0.15) is 0 Å². The Bertz CT molecular complexity index is 563. The molecule has 0 radical (unpaired) electrons. The van der Waals surface area contributed by atoms with Crippen LogP contribution in [0.3, 0.4) is 0 Å². The monoisotopic (exact) mass is 315 g/mol. The van der Waals surface area contributed by atoms with E-state index in [1.807, 2.05) is 19.9 Å². The third-order valence-corrected chi connectivity index (χ3v) is 5.98. The van der Waals surface area contributed by atoms with Crippen molar-refractivity contribution in [3.63, 3.8) is 0 Å². The summed E-state index contributed by atoms with van der Waals surface area (Å²) in [7, 11) is -3.40. The van der Waals surface area contributed by atoms with Crippen LogP contribution in [0.25, 0.3) is 0 Å². The molecule has 0 heterocycles. The van der Waals surface area contributed by atoms with Gasteiger partial charge in [-0.1, -0.05) is 6.07 Å². The van der Waals surface area contributed by atoms with E-state index in [0.29, 0.717) is 17.4 Å². The molecule has 0 aromatic heterocycles. The van der Waals surface area contributed by atoms with E-state index < -0.39 is 10.0 Å². The van der Waals surface area contributed by atoms with E-state index in [1.54, 1.807) is 12.1 Å². The number of benzene rings is 1. The van der Waals surface area contributed by atoms with Crippen LogP contribution >= 0.6 is 11.6 Å². The maximum atomic E-state index is 12.3. The standard InChI is InChI=1S/C15H22ClNO2S/c1-11-3-8-15(9-12(11)2)20(18,19)17-10-13-4-6-14(16)7-5-13/h3,8-9,13-14,17H,4-7,10H2,1-2H3. The zero-order valence-corrected chi connectivity index (χ0v) is 13.6. The maximum Gasteiger partial charge on any atom is 0.240 e. The van der Waals surface area contributed by atoms with Gasteiger partial charge >= 0.3 is 0 Å². The lowest BCUT2D eigenvalue weighted by Crippen LogP contribution is -2.31. The molecule has 2 rings (SSSR count). The highest BCUT2D eigenvalue weighted by molar-refractivity contribution is 7.89. The molecule has 0 spiro atoms. The Kier molecular flexibility index (Phi) is 5.10. The normalized spacial score (nSPS) is 23.8. The highest BCUT2D eigenvalue weighted by Gasteiger charge is 2.22. The maximum absolute atomic E-state index is 12.3. The van der Waals surface area contributed by atoms with E-state index >= 15 is 0 Å². The number of alkyl halides is 1. The number of hydrogen-bond donors (Lipinski definition) is 1. The van der Waals surface area contributed by atoms with Crippen molar-refractivity contribution in [1.82, 2.24) is 4.72 Å². The van der Waals surface area contributed by atoms with E-state index in [2.05, 4.69) is 4.72 Å². The molecule has 0 unspecified atom stereocenters. The lowest BCUT2D eigenvalue weighted by atomic mass is 9.89. The molecule has 112 valence electrons. The van der Waals surface area contributed by atoms with Crippen LogP contribution in [-0.4, -0.2) is 20.3 Å².